The van der Waals surface area contributed by atoms with Gasteiger partial charge in [-0.15, -0.1) is 10.2 Å². The Morgan fingerprint density at radius 3 is 2.84 bits per heavy atom. The summed E-state index contributed by atoms with van der Waals surface area (Å²) in [6.45, 7) is 4.99. The van der Waals surface area contributed by atoms with Crippen molar-refractivity contribution in [2.75, 3.05) is 6.54 Å². The van der Waals surface area contributed by atoms with E-state index in [4.69, 9.17) is 4.42 Å². The maximum absolute atomic E-state index is 9.42. The average molecular weight is 261 g/mol. The summed E-state index contributed by atoms with van der Waals surface area (Å²) in [5.74, 6) is 1.44. The third-order valence-electron chi connectivity index (χ3n) is 2.91. The van der Waals surface area contributed by atoms with Crippen molar-refractivity contribution in [3.05, 3.63) is 41.6 Å². The van der Waals surface area contributed by atoms with Crippen molar-refractivity contribution in [2.45, 2.75) is 32.7 Å². The van der Waals surface area contributed by atoms with E-state index in [9.17, 15) is 5.11 Å². The molecule has 2 N–H and O–H groups in total. The lowest BCUT2D eigenvalue weighted by Crippen LogP contribution is -2.20. The first-order chi connectivity index (χ1) is 9.22. The fourth-order valence-electron chi connectivity index (χ4n) is 1.97. The smallest absolute Gasteiger partial charge is 0.233 e. The highest BCUT2D eigenvalue weighted by molar-refractivity contribution is 5.28. The lowest BCUT2D eigenvalue weighted by Gasteiger charge is -2.10. The molecule has 0 aliphatic rings. The topological polar surface area (TPSA) is 71.2 Å². The highest BCUT2D eigenvalue weighted by Crippen LogP contribution is 2.18. The maximum Gasteiger partial charge on any atom is 0.233 e. The van der Waals surface area contributed by atoms with Crippen LogP contribution in [0.4, 0.5) is 0 Å². The molecule has 1 unspecified atom stereocenters. The van der Waals surface area contributed by atoms with Crippen LogP contribution in [0.5, 0.6) is 5.75 Å². The number of nitrogens with one attached hydrogen (secondary N) is 1. The van der Waals surface area contributed by atoms with Crippen molar-refractivity contribution in [3.8, 4) is 5.75 Å². The molecule has 0 bridgehead atoms. The van der Waals surface area contributed by atoms with Gasteiger partial charge in [0.1, 0.15) is 5.75 Å². The molecule has 0 saturated heterocycles. The Kier molecular flexibility index (Phi) is 4.52. The zero-order chi connectivity index (χ0) is 13.7. The monoisotopic (exact) mass is 261 g/mol. The molecule has 1 atom stereocenters. The molecule has 1 aromatic heterocycles. The Balaban J connectivity index is 2.08. The average Bonchev–Trinajstić information content (AvgIpc) is 2.84. The first-order valence-electron chi connectivity index (χ1n) is 6.56. The SMILES string of the molecule is CCNC(CC)c1nnc(Cc2cccc(O)c2)o1. The summed E-state index contributed by atoms with van der Waals surface area (Å²) in [6, 6.07) is 7.17. The summed E-state index contributed by atoms with van der Waals surface area (Å²) >= 11 is 0. The number of benzene rings is 1. The second kappa shape index (κ2) is 6.33. The number of phenolic OH excluding ortho intramolecular Hbond substituents is 1. The first kappa shape index (κ1) is 13.5. The predicted molar refractivity (Wildman–Crippen MR) is 71.9 cm³/mol. The minimum Gasteiger partial charge on any atom is -0.508 e. The van der Waals surface area contributed by atoms with Crippen LogP contribution in [-0.2, 0) is 6.42 Å². The summed E-state index contributed by atoms with van der Waals surface area (Å²) in [7, 11) is 0. The summed E-state index contributed by atoms with van der Waals surface area (Å²) in [5, 5.41) is 20.9. The van der Waals surface area contributed by atoms with E-state index in [-0.39, 0.29) is 11.8 Å². The van der Waals surface area contributed by atoms with Crippen molar-refractivity contribution in [1.82, 2.24) is 15.5 Å². The van der Waals surface area contributed by atoms with Gasteiger partial charge in [0.05, 0.1) is 12.5 Å². The first-order valence-corrected chi connectivity index (χ1v) is 6.56. The van der Waals surface area contributed by atoms with Gasteiger partial charge in [0.2, 0.25) is 11.8 Å². The number of rotatable bonds is 6. The Labute approximate surface area is 112 Å². The number of aromatic hydroxyl groups is 1. The minimum atomic E-state index is 0.107. The van der Waals surface area contributed by atoms with E-state index in [0.29, 0.717) is 18.2 Å². The van der Waals surface area contributed by atoms with Crippen molar-refractivity contribution in [1.29, 1.82) is 0 Å². The highest BCUT2D eigenvalue weighted by Gasteiger charge is 2.15. The van der Waals surface area contributed by atoms with Gasteiger partial charge in [0.25, 0.3) is 0 Å². The largest absolute Gasteiger partial charge is 0.508 e. The molecule has 102 valence electrons. The minimum absolute atomic E-state index is 0.107. The van der Waals surface area contributed by atoms with Crippen LogP contribution in [0.3, 0.4) is 0 Å². The number of aromatic nitrogens is 2. The van der Waals surface area contributed by atoms with E-state index in [2.05, 4.69) is 22.4 Å². The van der Waals surface area contributed by atoms with Crippen LogP contribution in [0.15, 0.2) is 28.7 Å². The van der Waals surface area contributed by atoms with Gasteiger partial charge in [-0.25, -0.2) is 0 Å². The van der Waals surface area contributed by atoms with Gasteiger partial charge in [-0.05, 0) is 30.7 Å². The van der Waals surface area contributed by atoms with Gasteiger partial charge in [0, 0.05) is 0 Å². The molecule has 1 aromatic carbocycles. The van der Waals surface area contributed by atoms with Gasteiger partial charge in [0.15, 0.2) is 0 Å². The Bertz CT molecular complexity index is 525. The van der Waals surface area contributed by atoms with Crippen LogP contribution >= 0.6 is 0 Å². The van der Waals surface area contributed by atoms with Crippen LogP contribution in [0, 0.1) is 0 Å². The lowest BCUT2D eigenvalue weighted by atomic mass is 10.1. The number of phenols is 1. The van der Waals surface area contributed by atoms with Gasteiger partial charge in [-0.2, -0.15) is 0 Å². The summed E-state index contributed by atoms with van der Waals surface area (Å²) < 4.78 is 5.67. The third-order valence-corrected chi connectivity index (χ3v) is 2.91. The molecule has 5 nitrogen and oxygen atoms in total. The molecule has 0 fully saturated rings. The van der Waals surface area contributed by atoms with Crippen LogP contribution in [0.2, 0.25) is 0 Å². The molecule has 5 heteroatoms. The van der Waals surface area contributed by atoms with Crippen molar-refractivity contribution >= 4 is 0 Å². The Hall–Kier alpha value is -1.88. The van der Waals surface area contributed by atoms with Gasteiger partial charge in [-0.1, -0.05) is 26.0 Å². The molecule has 0 aliphatic carbocycles. The van der Waals surface area contributed by atoms with Gasteiger partial charge < -0.3 is 14.8 Å². The number of hydrogen-bond donors (Lipinski definition) is 2. The summed E-state index contributed by atoms with van der Waals surface area (Å²) in [5.41, 5.74) is 0.951. The van der Waals surface area contributed by atoms with Crippen molar-refractivity contribution < 1.29 is 9.52 Å². The third kappa shape index (κ3) is 3.54. The molecule has 0 amide bonds. The van der Waals surface area contributed by atoms with Crippen LogP contribution < -0.4 is 5.32 Å². The van der Waals surface area contributed by atoms with E-state index in [1.807, 2.05) is 13.0 Å². The standard InChI is InChI=1S/C14H19N3O2/c1-3-12(15-4-2)14-17-16-13(19-14)9-10-6-5-7-11(18)8-10/h5-8,12,15,18H,3-4,9H2,1-2H3. The quantitative estimate of drug-likeness (QED) is 0.835. The van der Waals surface area contributed by atoms with Crippen LogP contribution in [0.1, 0.15) is 43.7 Å². The molecule has 0 saturated carbocycles. The zero-order valence-corrected chi connectivity index (χ0v) is 11.3. The molecular formula is C14H19N3O2. The van der Waals surface area contributed by atoms with Gasteiger partial charge in [-0.3, -0.25) is 0 Å². The normalized spacial score (nSPS) is 12.5. The van der Waals surface area contributed by atoms with E-state index >= 15 is 0 Å². The second-order valence-electron chi connectivity index (χ2n) is 4.40. The van der Waals surface area contributed by atoms with E-state index in [1.54, 1.807) is 18.2 Å². The molecule has 2 aromatic rings. The fourth-order valence-corrected chi connectivity index (χ4v) is 1.97. The highest BCUT2D eigenvalue weighted by atomic mass is 16.4. The molecule has 0 aliphatic heterocycles. The second-order valence-corrected chi connectivity index (χ2v) is 4.40. The van der Waals surface area contributed by atoms with E-state index < -0.39 is 0 Å². The number of nitrogens with zero attached hydrogens (tertiary/aromatic N) is 2. The Morgan fingerprint density at radius 1 is 1.32 bits per heavy atom. The van der Waals surface area contributed by atoms with Crippen molar-refractivity contribution in [3.63, 3.8) is 0 Å². The molecule has 19 heavy (non-hydrogen) atoms. The fraction of sp³-hybridized carbons (Fsp3) is 0.429. The maximum atomic E-state index is 9.42. The predicted octanol–water partition coefficient (Wildman–Crippen LogP) is 2.43. The molecular weight excluding hydrogens is 242 g/mol. The van der Waals surface area contributed by atoms with E-state index in [0.717, 1.165) is 18.5 Å². The number of hydrogen-bond acceptors (Lipinski definition) is 5. The molecule has 2 rings (SSSR count). The Morgan fingerprint density at radius 2 is 2.16 bits per heavy atom. The lowest BCUT2D eigenvalue weighted by molar-refractivity contribution is 0.380. The van der Waals surface area contributed by atoms with Gasteiger partial charge >= 0.3 is 0 Å². The van der Waals surface area contributed by atoms with E-state index in [1.165, 1.54) is 0 Å². The van der Waals surface area contributed by atoms with Crippen LogP contribution in [0.25, 0.3) is 0 Å². The van der Waals surface area contributed by atoms with Crippen molar-refractivity contribution in [2.24, 2.45) is 0 Å². The summed E-state index contributed by atoms with van der Waals surface area (Å²) in [6.07, 6.45) is 1.44. The molecule has 0 spiro atoms. The zero-order valence-electron chi connectivity index (χ0n) is 11.3. The molecule has 0 radical (unpaired) electrons. The molecule has 1 heterocycles. The van der Waals surface area contributed by atoms with Crippen LogP contribution in [-0.4, -0.2) is 21.8 Å². The summed E-state index contributed by atoms with van der Waals surface area (Å²) in [4.78, 5) is 0.